The van der Waals surface area contributed by atoms with Crippen LogP contribution >= 0.6 is 0 Å². The second-order valence-corrected chi connectivity index (χ2v) is 5.90. The fourth-order valence-corrected chi connectivity index (χ4v) is 3.70. The van der Waals surface area contributed by atoms with E-state index >= 15 is 0 Å². The standard InChI is InChI=1S/C16H21N3/c1-18-9-7-17-10-15(18)14-11-19-8-3-5-12-4-2-6-13(14)16(12)19/h2,4,6,11,15,17H,3,5,7-10H2,1H3. The van der Waals surface area contributed by atoms with Crippen molar-refractivity contribution in [2.75, 3.05) is 26.7 Å². The van der Waals surface area contributed by atoms with Gasteiger partial charge >= 0.3 is 0 Å². The molecule has 2 aliphatic rings. The first-order valence-electron chi connectivity index (χ1n) is 7.36. The maximum atomic E-state index is 3.54. The Morgan fingerprint density at radius 1 is 1.26 bits per heavy atom. The molecule has 0 radical (unpaired) electrons. The zero-order valence-corrected chi connectivity index (χ0v) is 11.5. The minimum Gasteiger partial charge on any atom is -0.347 e. The number of likely N-dealkylation sites (N-methyl/N-ethyl adjacent to an activating group) is 1. The maximum Gasteiger partial charge on any atom is 0.0516 e. The second-order valence-electron chi connectivity index (χ2n) is 5.90. The first-order valence-corrected chi connectivity index (χ1v) is 7.36. The Hall–Kier alpha value is -1.32. The van der Waals surface area contributed by atoms with Gasteiger partial charge in [-0.15, -0.1) is 0 Å². The Balaban J connectivity index is 1.89. The Kier molecular flexibility index (Phi) is 2.64. The minimum atomic E-state index is 0.519. The molecule has 0 bridgehead atoms. The predicted molar refractivity (Wildman–Crippen MR) is 78.5 cm³/mol. The van der Waals surface area contributed by atoms with E-state index in [1.54, 1.807) is 0 Å². The number of para-hydroxylation sites is 1. The third-order valence-corrected chi connectivity index (χ3v) is 4.73. The lowest BCUT2D eigenvalue weighted by molar-refractivity contribution is 0.203. The van der Waals surface area contributed by atoms with E-state index in [1.807, 2.05) is 0 Å². The van der Waals surface area contributed by atoms with Crippen LogP contribution < -0.4 is 5.32 Å². The summed E-state index contributed by atoms with van der Waals surface area (Å²) in [5.41, 5.74) is 4.53. The second kappa shape index (κ2) is 4.36. The number of hydrogen-bond acceptors (Lipinski definition) is 2. The smallest absolute Gasteiger partial charge is 0.0516 e. The van der Waals surface area contributed by atoms with Crippen molar-refractivity contribution in [3.05, 3.63) is 35.5 Å². The molecule has 0 amide bonds. The molecule has 2 aliphatic heterocycles. The van der Waals surface area contributed by atoms with Gasteiger partial charge in [0.05, 0.1) is 5.52 Å². The van der Waals surface area contributed by atoms with Gasteiger partial charge in [0, 0.05) is 43.8 Å². The summed E-state index contributed by atoms with van der Waals surface area (Å²) >= 11 is 0. The van der Waals surface area contributed by atoms with E-state index in [2.05, 4.69) is 46.2 Å². The quantitative estimate of drug-likeness (QED) is 0.842. The van der Waals surface area contributed by atoms with Crippen molar-refractivity contribution in [3.8, 4) is 0 Å². The van der Waals surface area contributed by atoms with Crippen LogP contribution in [0, 0.1) is 0 Å². The number of rotatable bonds is 1. The molecule has 1 aromatic carbocycles. The van der Waals surface area contributed by atoms with E-state index in [4.69, 9.17) is 0 Å². The van der Waals surface area contributed by atoms with Crippen molar-refractivity contribution in [2.24, 2.45) is 0 Å². The molecule has 1 fully saturated rings. The van der Waals surface area contributed by atoms with Crippen molar-refractivity contribution in [2.45, 2.75) is 25.4 Å². The largest absolute Gasteiger partial charge is 0.347 e. The van der Waals surface area contributed by atoms with Crippen LogP contribution in [-0.4, -0.2) is 36.1 Å². The molecule has 19 heavy (non-hydrogen) atoms. The topological polar surface area (TPSA) is 20.2 Å². The summed E-state index contributed by atoms with van der Waals surface area (Å²) in [5, 5.41) is 5.01. The number of benzene rings is 1. The zero-order valence-electron chi connectivity index (χ0n) is 11.5. The number of piperazine rings is 1. The molecule has 0 spiro atoms. The van der Waals surface area contributed by atoms with Gasteiger partial charge in [-0.3, -0.25) is 4.90 Å². The van der Waals surface area contributed by atoms with Gasteiger partial charge < -0.3 is 9.88 Å². The van der Waals surface area contributed by atoms with Gasteiger partial charge in [0.25, 0.3) is 0 Å². The lowest BCUT2D eigenvalue weighted by atomic mass is 9.99. The maximum absolute atomic E-state index is 3.54. The van der Waals surface area contributed by atoms with Crippen LogP contribution in [0.15, 0.2) is 24.4 Å². The van der Waals surface area contributed by atoms with Gasteiger partial charge in [-0.1, -0.05) is 18.2 Å². The molecular weight excluding hydrogens is 234 g/mol. The molecule has 0 aliphatic carbocycles. The summed E-state index contributed by atoms with van der Waals surface area (Å²) in [5.74, 6) is 0. The van der Waals surface area contributed by atoms with Crippen molar-refractivity contribution >= 4 is 10.9 Å². The molecule has 1 N–H and O–H groups in total. The summed E-state index contributed by atoms with van der Waals surface area (Å²) in [6.45, 7) is 4.49. The van der Waals surface area contributed by atoms with E-state index in [0.29, 0.717) is 6.04 Å². The highest BCUT2D eigenvalue weighted by molar-refractivity contribution is 5.87. The number of nitrogens with one attached hydrogen (secondary N) is 1. The molecule has 0 saturated carbocycles. The van der Waals surface area contributed by atoms with Crippen molar-refractivity contribution < 1.29 is 0 Å². The molecule has 1 saturated heterocycles. The van der Waals surface area contributed by atoms with Crippen LogP contribution in [0.25, 0.3) is 10.9 Å². The molecule has 100 valence electrons. The average Bonchev–Trinajstić information content (AvgIpc) is 2.81. The highest BCUT2D eigenvalue weighted by Gasteiger charge is 2.25. The van der Waals surface area contributed by atoms with Crippen LogP contribution in [0.4, 0.5) is 0 Å². The monoisotopic (exact) mass is 255 g/mol. The van der Waals surface area contributed by atoms with Gasteiger partial charge in [0.2, 0.25) is 0 Å². The molecule has 2 aromatic rings. The fraction of sp³-hybridized carbons (Fsp3) is 0.500. The molecular formula is C16H21N3. The van der Waals surface area contributed by atoms with Gasteiger partial charge in [0.1, 0.15) is 0 Å². The number of hydrogen-bond donors (Lipinski definition) is 1. The minimum absolute atomic E-state index is 0.519. The molecule has 3 heteroatoms. The van der Waals surface area contributed by atoms with E-state index in [-0.39, 0.29) is 0 Å². The summed E-state index contributed by atoms with van der Waals surface area (Å²) in [7, 11) is 2.25. The van der Waals surface area contributed by atoms with Gasteiger partial charge in [-0.05, 0) is 31.0 Å². The molecule has 1 unspecified atom stereocenters. The summed E-state index contributed by atoms with van der Waals surface area (Å²) in [4.78, 5) is 2.49. The van der Waals surface area contributed by atoms with Crippen LogP contribution in [0.5, 0.6) is 0 Å². The molecule has 1 aromatic heterocycles. The Bertz CT molecular complexity index is 614. The van der Waals surface area contributed by atoms with Crippen LogP contribution in [-0.2, 0) is 13.0 Å². The molecule has 3 heterocycles. The van der Waals surface area contributed by atoms with E-state index in [0.717, 1.165) is 19.6 Å². The van der Waals surface area contributed by atoms with Gasteiger partial charge in [-0.2, -0.15) is 0 Å². The third-order valence-electron chi connectivity index (χ3n) is 4.73. The van der Waals surface area contributed by atoms with Crippen molar-refractivity contribution in [1.82, 2.24) is 14.8 Å². The summed E-state index contributed by atoms with van der Waals surface area (Å²) in [6, 6.07) is 7.35. The molecule has 3 nitrogen and oxygen atoms in total. The number of nitrogens with zero attached hydrogens (tertiary/aromatic N) is 2. The van der Waals surface area contributed by atoms with Crippen LogP contribution in [0.1, 0.15) is 23.6 Å². The Morgan fingerprint density at radius 3 is 3.11 bits per heavy atom. The van der Waals surface area contributed by atoms with Crippen LogP contribution in [0.3, 0.4) is 0 Å². The summed E-state index contributed by atoms with van der Waals surface area (Å²) < 4.78 is 2.48. The molecule has 1 atom stereocenters. The SMILES string of the molecule is CN1CCNCC1c1cn2c3c(cccc13)CCC2. The first-order chi connectivity index (χ1) is 9.34. The van der Waals surface area contributed by atoms with Crippen molar-refractivity contribution in [3.63, 3.8) is 0 Å². The zero-order chi connectivity index (χ0) is 12.8. The predicted octanol–water partition coefficient (Wildman–Crippen LogP) is 2.16. The lowest BCUT2D eigenvalue weighted by Gasteiger charge is -2.33. The highest BCUT2D eigenvalue weighted by atomic mass is 15.2. The van der Waals surface area contributed by atoms with Gasteiger partial charge in [-0.25, -0.2) is 0 Å². The third kappa shape index (κ3) is 1.72. The lowest BCUT2D eigenvalue weighted by Crippen LogP contribution is -2.43. The molecule has 4 rings (SSSR count). The average molecular weight is 255 g/mol. The number of aryl methyl sites for hydroxylation is 2. The highest BCUT2D eigenvalue weighted by Crippen LogP contribution is 2.34. The Morgan fingerprint density at radius 2 is 2.21 bits per heavy atom. The Labute approximate surface area is 114 Å². The normalized spacial score (nSPS) is 23.9. The van der Waals surface area contributed by atoms with E-state index in [9.17, 15) is 0 Å². The summed E-state index contributed by atoms with van der Waals surface area (Å²) in [6.07, 6.45) is 4.92. The van der Waals surface area contributed by atoms with Gasteiger partial charge in [0.15, 0.2) is 0 Å². The van der Waals surface area contributed by atoms with E-state index in [1.165, 1.54) is 41.4 Å². The van der Waals surface area contributed by atoms with E-state index < -0.39 is 0 Å². The van der Waals surface area contributed by atoms with Crippen molar-refractivity contribution in [1.29, 1.82) is 0 Å². The first kappa shape index (κ1) is 11.5. The van der Waals surface area contributed by atoms with Crippen LogP contribution in [0.2, 0.25) is 0 Å². The number of aromatic nitrogens is 1. The fourth-order valence-electron chi connectivity index (χ4n) is 3.70.